The number of allylic oxidation sites excluding steroid dienone is 1. The zero-order valence-electron chi connectivity index (χ0n) is 25.9. The van der Waals surface area contributed by atoms with Gasteiger partial charge in [0.2, 0.25) is 17.7 Å². The van der Waals surface area contributed by atoms with E-state index >= 15 is 0 Å². The molecule has 45 heavy (non-hydrogen) atoms. The van der Waals surface area contributed by atoms with E-state index in [2.05, 4.69) is 28.2 Å². The molecule has 2 N–H and O–H groups in total. The first-order chi connectivity index (χ1) is 21.8. The van der Waals surface area contributed by atoms with E-state index in [-0.39, 0.29) is 37.3 Å². The van der Waals surface area contributed by atoms with Gasteiger partial charge in [-0.2, -0.15) is 0 Å². The number of rotatable bonds is 10. The number of unbranched alkanes of at least 4 members (excludes halogenated alkanes) is 4. The lowest BCUT2D eigenvalue weighted by Crippen LogP contribution is -2.56. The van der Waals surface area contributed by atoms with Gasteiger partial charge in [0.25, 0.3) is 0 Å². The van der Waals surface area contributed by atoms with Crippen molar-refractivity contribution < 1.29 is 33.8 Å². The highest BCUT2D eigenvalue weighted by Gasteiger charge is 2.74. The second-order valence-corrected chi connectivity index (χ2v) is 13.2. The molecule has 0 radical (unpaired) electrons. The van der Waals surface area contributed by atoms with Gasteiger partial charge in [0.1, 0.15) is 29.8 Å². The van der Waals surface area contributed by atoms with Crippen LogP contribution in [0.5, 0.6) is 0 Å². The van der Waals surface area contributed by atoms with Gasteiger partial charge in [0, 0.05) is 37.1 Å². The molecule has 2 fully saturated rings. The largest absolute Gasteiger partial charge is 0.455 e. The maximum Gasteiger partial charge on any atom is 0.313 e. The highest BCUT2D eigenvalue weighted by Crippen LogP contribution is 2.59. The first kappa shape index (κ1) is 33.3. The predicted octanol–water partition coefficient (Wildman–Crippen LogP) is 3.79. The van der Waals surface area contributed by atoms with Crippen LogP contribution >= 0.6 is 15.9 Å². The molecule has 4 heterocycles. The standard InChI is InChI=1S/C34H44BrN3O7/c1-2-3-10-17-37-18-11-5-9-16-26(40)36-22-25(23-14-7-4-8-15-23)44-33(43)27-28-31(41)38(19-12-6-13-20-39)30(32(37)42)34(28)21-24(35)29(27)45-34/h4-5,7-8,11,14-15,21,25,27-30,39H,2-3,6,9-10,12-13,16-20,22H2,1H3,(H,36,40)/b11-5-/t25-,27-,28+,29-,30-,34+/m0/s1. The number of benzene rings is 1. The summed E-state index contributed by atoms with van der Waals surface area (Å²) in [6.45, 7) is 3.40. The minimum Gasteiger partial charge on any atom is -0.455 e. The van der Waals surface area contributed by atoms with Crippen LogP contribution in [0.1, 0.15) is 70.0 Å². The number of amides is 3. The molecule has 5 bridgehead atoms. The van der Waals surface area contributed by atoms with Crippen LogP contribution in [0.3, 0.4) is 0 Å². The molecule has 4 aliphatic heterocycles. The molecule has 244 valence electrons. The highest BCUT2D eigenvalue weighted by molar-refractivity contribution is 9.11. The van der Waals surface area contributed by atoms with Crippen molar-refractivity contribution >= 4 is 39.6 Å². The smallest absolute Gasteiger partial charge is 0.313 e. The Morgan fingerprint density at radius 3 is 2.53 bits per heavy atom. The van der Waals surface area contributed by atoms with Crippen molar-refractivity contribution in [1.29, 1.82) is 0 Å². The summed E-state index contributed by atoms with van der Waals surface area (Å²) in [6.07, 6.45) is 9.50. The van der Waals surface area contributed by atoms with Crippen molar-refractivity contribution in [3.63, 3.8) is 0 Å². The summed E-state index contributed by atoms with van der Waals surface area (Å²) < 4.78 is 13.3. The fourth-order valence-corrected chi connectivity index (χ4v) is 7.77. The van der Waals surface area contributed by atoms with E-state index in [1.165, 1.54) is 0 Å². The number of esters is 1. The van der Waals surface area contributed by atoms with Crippen LogP contribution in [0.25, 0.3) is 0 Å². The number of aliphatic hydroxyl groups is 1. The first-order valence-electron chi connectivity index (χ1n) is 16.3. The molecule has 6 atom stereocenters. The van der Waals surface area contributed by atoms with E-state index < -0.39 is 41.7 Å². The number of halogens is 1. The van der Waals surface area contributed by atoms with Crippen LogP contribution < -0.4 is 5.32 Å². The van der Waals surface area contributed by atoms with Gasteiger partial charge in [0.05, 0.1) is 12.5 Å². The summed E-state index contributed by atoms with van der Waals surface area (Å²) in [5.41, 5.74) is -0.605. The third-order valence-corrected chi connectivity index (χ3v) is 9.96. The molecule has 0 saturated carbocycles. The number of carbonyl (C=O) groups excluding carboxylic acids is 4. The zero-order valence-corrected chi connectivity index (χ0v) is 27.5. The predicted molar refractivity (Wildman–Crippen MR) is 171 cm³/mol. The molecule has 10 nitrogen and oxygen atoms in total. The molecule has 3 amide bonds. The Balaban J connectivity index is 1.54. The van der Waals surface area contributed by atoms with Gasteiger partial charge in [-0.3, -0.25) is 19.2 Å². The van der Waals surface area contributed by atoms with Crippen molar-refractivity contribution in [1.82, 2.24) is 15.1 Å². The molecular formula is C34H44BrN3O7. The summed E-state index contributed by atoms with van der Waals surface area (Å²) >= 11 is 3.60. The summed E-state index contributed by atoms with van der Waals surface area (Å²) in [4.78, 5) is 59.2. The van der Waals surface area contributed by atoms with E-state index in [0.29, 0.717) is 49.8 Å². The third-order valence-electron chi connectivity index (χ3n) is 9.28. The number of carbonyl (C=O) groups is 4. The Morgan fingerprint density at radius 2 is 1.78 bits per heavy atom. The number of hydrogen-bond donors (Lipinski definition) is 2. The van der Waals surface area contributed by atoms with E-state index in [0.717, 1.165) is 24.8 Å². The van der Waals surface area contributed by atoms with Crippen molar-refractivity contribution in [3.8, 4) is 0 Å². The molecule has 1 aromatic rings. The second kappa shape index (κ2) is 15.0. The van der Waals surface area contributed by atoms with Gasteiger partial charge >= 0.3 is 5.97 Å². The van der Waals surface area contributed by atoms with Gasteiger partial charge in [0.15, 0.2) is 0 Å². The van der Waals surface area contributed by atoms with Crippen molar-refractivity contribution in [2.75, 3.05) is 32.8 Å². The van der Waals surface area contributed by atoms with E-state index in [9.17, 15) is 24.3 Å². The van der Waals surface area contributed by atoms with E-state index in [1.54, 1.807) is 9.80 Å². The van der Waals surface area contributed by atoms with Crippen LogP contribution in [0, 0.1) is 11.8 Å². The molecule has 1 aromatic carbocycles. The summed E-state index contributed by atoms with van der Waals surface area (Å²) in [5, 5.41) is 12.2. The molecule has 0 aromatic heterocycles. The minimum atomic E-state index is -1.32. The lowest BCUT2D eigenvalue weighted by Gasteiger charge is -2.36. The molecule has 4 aliphatic rings. The number of nitrogens with one attached hydrogen (secondary N) is 1. The number of likely N-dealkylation sites (tertiary alicyclic amines) is 1. The lowest BCUT2D eigenvalue weighted by atomic mass is 9.74. The lowest BCUT2D eigenvalue weighted by molar-refractivity contribution is -0.159. The first-order valence-corrected chi connectivity index (χ1v) is 17.0. The number of hydrogen-bond acceptors (Lipinski definition) is 7. The van der Waals surface area contributed by atoms with E-state index in [1.807, 2.05) is 48.6 Å². The Morgan fingerprint density at radius 1 is 1.00 bits per heavy atom. The van der Waals surface area contributed by atoms with Crippen LogP contribution in [0.4, 0.5) is 0 Å². The van der Waals surface area contributed by atoms with Crippen LogP contribution in [-0.4, -0.2) is 89.1 Å². The number of aliphatic hydroxyl groups excluding tert-OH is 1. The van der Waals surface area contributed by atoms with Crippen LogP contribution in [0.2, 0.25) is 0 Å². The quantitative estimate of drug-likeness (QED) is 0.218. The van der Waals surface area contributed by atoms with Crippen LogP contribution in [0.15, 0.2) is 53.0 Å². The number of ether oxygens (including phenoxy) is 2. The van der Waals surface area contributed by atoms with Gasteiger partial charge in [-0.15, -0.1) is 0 Å². The molecule has 11 heteroatoms. The molecule has 2 saturated heterocycles. The van der Waals surface area contributed by atoms with Gasteiger partial charge < -0.3 is 29.7 Å². The zero-order chi connectivity index (χ0) is 32.0. The Hall–Kier alpha value is -3.02. The Bertz CT molecular complexity index is 1300. The molecule has 1 spiro atoms. The second-order valence-electron chi connectivity index (χ2n) is 12.3. The number of fused-ring (bicyclic) bond motifs is 2. The highest BCUT2D eigenvalue weighted by atomic mass is 79.9. The monoisotopic (exact) mass is 685 g/mol. The Kier molecular flexibility index (Phi) is 11.1. The van der Waals surface area contributed by atoms with Crippen molar-refractivity contribution in [3.05, 3.63) is 58.6 Å². The fraction of sp³-hybridized carbons (Fsp3) is 0.588. The van der Waals surface area contributed by atoms with Crippen LogP contribution in [-0.2, 0) is 28.7 Å². The van der Waals surface area contributed by atoms with Crippen molar-refractivity contribution in [2.45, 2.75) is 82.1 Å². The molecule has 0 unspecified atom stereocenters. The number of cyclic esters (lactones) is 1. The SMILES string of the molecule is CCCCCN1C/C=C\CCC(=O)NC[C@@H](c2ccccc2)OC(=O)[C@@H]2[C@H]3O[C@@]4(C=C3Br)[C@H](C1=O)N(CCCCCO)C(=O)[C@@H]24. The summed E-state index contributed by atoms with van der Waals surface area (Å²) in [5.74, 6) is -3.20. The molecule has 0 aliphatic carbocycles. The molecular weight excluding hydrogens is 642 g/mol. The third kappa shape index (κ3) is 6.90. The van der Waals surface area contributed by atoms with Crippen molar-refractivity contribution in [2.24, 2.45) is 11.8 Å². The average Bonchev–Trinajstić information content (AvgIpc) is 3.63. The van der Waals surface area contributed by atoms with Gasteiger partial charge in [-0.1, -0.05) is 78.2 Å². The summed E-state index contributed by atoms with van der Waals surface area (Å²) in [7, 11) is 0. The summed E-state index contributed by atoms with van der Waals surface area (Å²) in [6, 6.07) is 8.26. The number of nitrogens with zero attached hydrogens (tertiary/aromatic N) is 2. The minimum absolute atomic E-state index is 0.0534. The maximum absolute atomic E-state index is 14.6. The van der Waals surface area contributed by atoms with E-state index in [4.69, 9.17) is 9.47 Å². The Labute approximate surface area is 273 Å². The normalized spacial score (nSPS) is 31.1. The topological polar surface area (TPSA) is 125 Å². The molecule has 5 rings (SSSR count). The van der Waals surface area contributed by atoms with Gasteiger partial charge in [-0.25, -0.2) is 0 Å². The fourth-order valence-electron chi connectivity index (χ4n) is 7.04. The van der Waals surface area contributed by atoms with Gasteiger partial charge in [-0.05, 0) is 43.7 Å². The maximum atomic E-state index is 14.6. The average molecular weight is 687 g/mol.